The Morgan fingerprint density at radius 1 is 1.03 bits per heavy atom. The zero-order valence-corrected chi connectivity index (χ0v) is 17.0. The van der Waals surface area contributed by atoms with E-state index in [2.05, 4.69) is 10.2 Å². The van der Waals surface area contributed by atoms with Gasteiger partial charge >= 0.3 is 6.03 Å². The highest BCUT2D eigenvalue weighted by Crippen LogP contribution is 2.37. The summed E-state index contributed by atoms with van der Waals surface area (Å²) in [5, 5.41) is 2.91. The molecule has 2 bridgehead atoms. The smallest absolute Gasteiger partial charge is 0.317 e. The predicted molar refractivity (Wildman–Crippen MR) is 107 cm³/mol. The summed E-state index contributed by atoms with van der Waals surface area (Å²) in [5.74, 6) is -0.0852. The van der Waals surface area contributed by atoms with E-state index in [-0.39, 0.29) is 30.0 Å². The van der Waals surface area contributed by atoms with Gasteiger partial charge in [-0.15, -0.1) is 0 Å². The van der Waals surface area contributed by atoms with Gasteiger partial charge in [-0.3, -0.25) is 4.79 Å². The summed E-state index contributed by atoms with van der Waals surface area (Å²) in [4.78, 5) is 28.1. The number of amides is 3. The van der Waals surface area contributed by atoms with Crippen LogP contribution in [0.2, 0.25) is 0 Å². The third-order valence-corrected chi connectivity index (χ3v) is 6.52. The molecule has 6 nitrogen and oxygen atoms in total. The number of hydrogen-bond acceptors (Lipinski definition) is 3. The summed E-state index contributed by atoms with van der Waals surface area (Å²) in [6.07, 6.45) is 6.16. The summed E-state index contributed by atoms with van der Waals surface area (Å²) >= 11 is 0. The molecule has 3 aliphatic rings. The van der Waals surface area contributed by atoms with E-state index < -0.39 is 0 Å². The van der Waals surface area contributed by atoms with Crippen molar-refractivity contribution in [3.05, 3.63) is 35.6 Å². The van der Waals surface area contributed by atoms with Crippen LogP contribution < -0.4 is 5.32 Å². The number of fused-ring (bicyclic) bond motifs is 2. The van der Waals surface area contributed by atoms with Crippen LogP contribution in [-0.2, 0) is 16.1 Å². The van der Waals surface area contributed by atoms with Crippen LogP contribution in [0.3, 0.4) is 0 Å². The van der Waals surface area contributed by atoms with E-state index in [1.165, 1.54) is 12.1 Å². The number of urea groups is 1. The van der Waals surface area contributed by atoms with E-state index in [0.29, 0.717) is 31.7 Å². The maximum absolute atomic E-state index is 13.0. The normalized spacial score (nSPS) is 27.2. The van der Waals surface area contributed by atoms with Gasteiger partial charge in [-0.25, -0.2) is 9.18 Å². The Morgan fingerprint density at radius 3 is 2.24 bits per heavy atom. The molecule has 0 spiro atoms. The minimum absolute atomic E-state index is 0.0828. The number of ether oxygens (including phenoxy) is 1. The number of carbonyl (C=O) groups is 2. The second kappa shape index (κ2) is 8.69. The molecular formula is C22H30FN3O3. The molecule has 0 aromatic heterocycles. The average molecular weight is 403 g/mol. The lowest BCUT2D eigenvalue weighted by Crippen LogP contribution is -2.50. The van der Waals surface area contributed by atoms with Crippen LogP contribution in [0, 0.1) is 5.82 Å². The van der Waals surface area contributed by atoms with Crippen LogP contribution in [0.25, 0.3) is 0 Å². The number of benzene rings is 1. The highest BCUT2D eigenvalue weighted by Gasteiger charge is 2.43. The van der Waals surface area contributed by atoms with E-state index in [1.807, 2.05) is 4.90 Å². The first-order chi connectivity index (χ1) is 14.0. The van der Waals surface area contributed by atoms with Crippen molar-refractivity contribution in [3.8, 4) is 0 Å². The van der Waals surface area contributed by atoms with Crippen molar-refractivity contribution in [1.82, 2.24) is 15.1 Å². The molecule has 2 atom stereocenters. The van der Waals surface area contributed by atoms with Gasteiger partial charge in [-0.05, 0) is 56.2 Å². The van der Waals surface area contributed by atoms with Crippen molar-refractivity contribution in [2.45, 2.75) is 76.3 Å². The number of carbonyl (C=O) groups excluding carboxylic acids is 2. The third kappa shape index (κ3) is 4.71. The van der Waals surface area contributed by atoms with Crippen molar-refractivity contribution in [2.24, 2.45) is 0 Å². The number of piperidine rings is 2. The van der Waals surface area contributed by atoms with Gasteiger partial charge in [0.2, 0.25) is 5.91 Å². The number of likely N-dealkylation sites (tertiary alicyclic amines) is 1. The molecule has 3 fully saturated rings. The second-order valence-corrected chi connectivity index (χ2v) is 8.51. The van der Waals surface area contributed by atoms with E-state index >= 15 is 0 Å². The predicted octanol–water partition coefficient (Wildman–Crippen LogP) is 3.06. The summed E-state index contributed by atoms with van der Waals surface area (Å²) in [7, 11) is 0. The van der Waals surface area contributed by atoms with Crippen molar-refractivity contribution in [3.63, 3.8) is 0 Å². The van der Waals surface area contributed by atoms with Crippen molar-refractivity contribution < 1.29 is 18.7 Å². The number of halogens is 1. The lowest BCUT2D eigenvalue weighted by molar-refractivity contribution is -0.138. The number of rotatable bonds is 4. The largest absolute Gasteiger partial charge is 0.375 e. The van der Waals surface area contributed by atoms with E-state index in [1.54, 1.807) is 19.1 Å². The lowest BCUT2D eigenvalue weighted by Gasteiger charge is -2.40. The fourth-order valence-electron chi connectivity index (χ4n) is 5.11. The first-order valence-corrected chi connectivity index (χ1v) is 10.7. The van der Waals surface area contributed by atoms with Gasteiger partial charge < -0.3 is 19.9 Å². The van der Waals surface area contributed by atoms with E-state index in [0.717, 1.165) is 44.1 Å². The molecule has 3 saturated heterocycles. The van der Waals surface area contributed by atoms with Crippen molar-refractivity contribution in [2.75, 3.05) is 13.1 Å². The summed E-state index contributed by atoms with van der Waals surface area (Å²) in [5.41, 5.74) is 0.879. The monoisotopic (exact) mass is 403 g/mol. The SMILES string of the molecule is CC(=O)N1C2CCC1CC(OC1CCN(C(=O)NCc3ccc(F)cc3)CC1)C2. The van der Waals surface area contributed by atoms with Crippen molar-refractivity contribution >= 4 is 11.9 Å². The van der Waals surface area contributed by atoms with E-state index in [4.69, 9.17) is 4.74 Å². The van der Waals surface area contributed by atoms with Crippen LogP contribution in [0.4, 0.5) is 9.18 Å². The first-order valence-electron chi connectivity index (χ1n) is 10.7. The Balaban J connectivity index is 1.19. The van der Waals surface area contributed by atoms with Gasteiger partial charge in [0, 0.05) is 38.6 Å². The Hall–Kier alpha value is -2.15. The summed E-state index contributed by atoms with van der Waals surface area (Å²) in [6.45, 7) is 3.43. The van der Waals surface area contributed by atoms with Gasteiger partial charge in [0.1, 0.15) is 5.82 Å². The molecule has 158 valence electrons. The van der Waals surface area contributed by atoms with E-state index in [9.17, 15) is 14.0 Å². The average Bonchev–Trinajstić information content (AvgIpc) is 2.99. The van der Waals surface area contributed by atoms with Gasteiger partial charge in [0.05, 0.1) is 12.2 Å². The second-order valence-electron chi connectivity index (χ2n) is 8.51. The fraction of sp³-hybridized carbons (Fsp3) is 0.636. The van der Waals surface area contributed by atoms with Crippen LogP contribution in [0.1, 0.15) is 51.0 Å². The van der Waals surface area contributed by atoms with Crippen LogP contribution in [0.5, 0.6) is 0 Å². The molecule has 1 aromatic rings. The topological polar surface area (TPSA) is 61.9 Å². The molecule has 0 saturated carbocycles. The lowest BCUT2D eigenvalue weighted by atomic mass is 9.98. The van der Waals surface area contributed by atoms with Crippen LogP contribution >= 0.6 is 0 Å². The Kier molecular flexibility index (Phi) is 6.04. The maximum Gasteiger partial charge on any atom is 0.317 e. The third-order valence-electron chi connectivity index (χ3n) is 6.52. The van der Waals surface area contributed by atoms with Crippen LogP contribution in [-0.4, -0.2) is 59.1 Å². The minimum Gasteiger partial charge on any atom is -0.375 e. The highest BCUT2D eigenvalue weighted by molar-refractivity contribution is 5.74. The number of hydrogen-bond donors (Lipinski definition) is 1. The Bertz CT molecular complexity index is 719. The molecule has 1 aromatic carbocycles. The molecule has 7 heteroatoms. The zero-order chi connectivity index (χ0) is 20.4. The van der Waals surface area contributed by atoms with Gasteiger partial charge in [-0.2, -0.15) is 0 Å². The molecule has 2 unspecified atom stereocenters. The summed E-state index contributed by atoms with van der Waals surface area (Å²) < 4.78 is 19.3. The number of nitrogens with one attached hydrogen (secondary N) is 1. The molecule has 1 N–H and O–H groups in total. The minimum atomic E-state index is -0.276. The Morgan fingerprint density at radius 2 is 1.66 bits per heavy atom. The molecule has 29 heavy (non-hydrogen) atoms. The molecule has 3 heterocycles. The first kappa shape index (κ1) is 20.1. The molecular weight excluding hydrogens is 373 g/mol. The standard InChI is InChI=1S/C22H30FN3O3/c1-15(27)26-18-6-7-19(26)13-21(12-18)29-20-8-10-25(11-9-20)22(28)24-14-16-2-4-17(23)5-3-16/h2-5,18-21H,6-14H2,1H3,(H,24,28). The molecule has 0 aliphatic carbocycles. The number of nitrogens with zero attached hydrogens (tertiary/aromatic N) is 2. The van der Waals surface area contributed by atoms with Gasteiger partial charge in [0.25, 0.3) is 0 Å². The molecule has 3 aliphatic heterocycles. The van der Waals surface area contributed by atoms with Crippen LogP contribution in [0.15, 0.2) is 24.3 Å². The molecule has 4 rings (SSSR count). The maximum atomic E-state index is 13.0. The summed E-state index contributed by atoms with van der Waals surface area (Å²) in [6, 6.07) is 6.76. The quantitative estimate of drug-likeness (QED) is 0.841. The van der Waals surface area contributed by atoms with Gasteiger partial charge in [-0.1, -0.05) is 12.1 Å². The molecule has 3 amide bonds. The fourth-order valence-corrected chi connectivity index (χ4v) is 5.11. The zero-order valence-electron chi connectivity index (χ0n) is 17.0. The Labute approximate surface area is 171 Å². The van der Waals surface area contributed by atoms with Gasteiger partial charge in [0.15, 0.2) is 0 Å². The van der Waals surface area contributed by atoms with Crippen molar-refractivity contribution in [1.29, 1.82) is 0 Å². The molecule has 0 radical (unpaired) electrons. The highest BCUT2D eigenvalue weighted by atomic mass is 19.1.